The number of rotatable bonds is 3. The van der Waals surface area contributed by atoms with Gasteiger partial charge in [-0.2, -0.15) is 0 Å². The summed E-state index contributed by atoms with van der Waals surface area (Å²) >= 11 is 0. The summed E-state index contributed by atoms with van der Waals surface area (Å²) in [5.41, 5.74) is 7.36. The fraction of sp³-hybridized carbons (Fsp3) is 0.111. The number of hydrogen-bond acceptors (Lipinski definition) is 0. The normalized spacial score (nSPS) is 10.1. The van der Waals surface area contributed by atoms with Crippen LogP contribution in [-0.2, 0) is 0 Å². The molecule has 0 saturated heterocycles. The summed E-state index contributed by atoms with van der Waals surface area (Å²) in [5.74, 6) is 0. The van der Waals surface area contributed by atoms with Gasteiger partial charge in [-0.05, 0) is 47.2 Å². The predicted molar refractivity (Wildman–Crippen MR) is 81.5 cm³/mol. The van der Waals surface area contributed by atoms with Crippen molar-refractivity contribution >= 4 is 12.2 Å². The highest BCUT2D eigenvalue weighted by atomic mass is 14.1. The fourth-order valence-electron chi connectivity index (χ4n) is 2.30. The lowest BCUT2D eigenvalue weighted by atomic mass is 9.89. The van der Waals surface area contributed by atoms with Crippen molar-refractivity contribution in [2.24, 2.45) is 0 Å². The van der Waals surface area contributed by atoms with Gasteiger partial charge < -0.3 is 0 Å². The van der Waals surface area contributed by atoms with Crippen molar-refractivity contribution in [1.29, 1.82) is 0 Å². The summed E-state index contributed by atoms with van der Waals surface area (Å²) in [4.78, 5) is 0. The van der Waals surface area contributed by atoms with Crippen molar-refractivity contribution in [3.05, 3.63) is 71.8 Å². The van der Waals surface area contributed by atoms with E-state index in [0.717, 1.165) is 0 Å². The van der Waals surface area contributed by atoms with Crippen molar-refractivity contribution in [3.63, 3.8) is 0 Å². The molecule has 2 aromatic carbocycles. The molecular weight excluding hydrogens is 216 g/mol. The first-order chi connectivity index (χ1) is 8.69. The summed E-state index contributed by atoms with van der Waals surface area (Å²) in [6.07, 6.45) is 3.84. The molecule has 0 aliphatic heterocycles. The molecule has 0 saturated carbocycles. The van der Waals surface area contributed by atoms with E-state index in [1.165, 1.54) is 33.4 Å². The molecule has 0 heteroatoms. The topological polar surface area (TPSA) is 0 Å². The summed E-state index contributed by atoms with van der Waals surface area (Å²) in [7, 11) is 0. The minimum Gasteiger partial charge on any atom is -0.0984 e. The van der Waals surface area contributed by atoms with Gasteiger partial charge in [-0.3, -0.25) is 0 Å². The Bertz CT molecular complexity index is 589. The van der Waals surface area contributed by atoms with Crippen molar-refractivity contribution < 1.29 is 0 Å². The minimum atomic E-state index is 1.17. The molecule has 0 N–H and O–H groups in total. The van der Waals surface area contributed by atoms with Gasteiger partial charge in [-0.1, -0.05) is 61.7 Å². The van der Waals surface area contributed by atoms with Crippen molar-refractivity contribution in [3.8, 4) is 11.1 Å². The monoisotopic (exact) mass is 234 g/mol. The summed E-state index contributed by atoms with van der Waals surface area (Å²) in [6, 6.07) is 12.6. The Morgan fingerprint density at radius 3 is 2.06 bits per heavy atom. The van der Waals surface area contributed by atoms with Crippen LogP contribution in [-0.4, -0.2) is 0 Å². The fourth-order valence-corrected chi connectivity index (χ4v) is 2.30. The quantitative estimate of drug-likeness (QED) is 0.679. The lowest BCUT2D eigenvalue weighted by Gasteiger charge is -2.15. The third-order valence-corrected chi connectivity index (χ3v) is 3.43. The van der Waals surface area contributed by atoms with E-state index in [-0.39, 0.29) is 0 Å². The van der Waals surface area contributed by atoms with Crippen LogP contribution in [0.25, 0.3) is 23.3 Å². The van der Waals surface area contributed by atoms with Crippen LogP contribution >= 0.6 is 0 Å². The van der Waals surface area contributed by atoms with Crippen molar-refractivity contribution in [2.75, 3.05) is 0 Å². The third kappa shape index (κ3) is 2.02. The standard InChI is InChI=1S/C18H18/c1-5-16-14(4)13(3)12-18(17(16)6-2)15-10-8-7-9-11-15/h5-12H,1-2H2,3-4H3. The molecule has 0 spiro atoms. The van der Waals surface area contributed by atoms with E-state index in [4.69, 9.17) is 0 Å². The first-order valence-corrected chi connectivity index (χ1v) is 6.13. The van der Waals surface area contributed by atoms with Gasteiger partial charge in [0.25, 0.3) is 0 Å². The molecule has 0 bridgehead atoms. The van der Waals surface area contributed by atoms with Gasteiger partial charge >= 0.3 is 0 Å². The number of hydrogen-bond donors (Lipinski definition) is 0. The lowest BCUT2D eigenvalue weighted by Crippen LogP contribution is -1.94. The summed E-state index contributed by atoms with van der Waals surface area (Å²) in [5, 5.41) is 0. The highest BCUT2D eigenvalue weighted by Gasteiger charge is 2.10. The molecule has 0 radical (unpaired) electrons. The van der Waals surface area contributed by atoms with Gasteiger partial charge in [0.15, 0.2) is 0 Å². The predicted octanol–water partition coefficient (Wildman–Crippen LogP) is 5.26. The van der Waals surface area contributed by atoms with E-state index in [1.807, 2.05) is 18.2 Å². The highest BCUT2D eigenvalue weighted by molar-refractivity contribution is 5.82. The van der Waals surface area contributed by atoms with Gasteiger partial charge in [-0.15, -0.1) is 0 Å². The van der Waals surface area contributed by atoms with Gasteiger partial charge in [0, 0.05) is 0 Å². The molecule has 2 aromatic rings. The van der Waals surface area contributed by atoms with Crippen LogP contribution in [0, 0.1) is 13.8 Å². The van der Waals surface area contributed by atoms with Gasteiger partial charge in [-0.25, -0.2) is 0 Å². The second-order valence-corrected chi connectivity index (χ2v) is 4.47. The SMILES string of the molecule is C=Cc1c(-c2ccccc2)cc(C)c(C)c1C=C. The smallest absolute Gasteiger partial charge is 0.0103 e. The molecular formula is C18H18. The maximum Gasteiger partial charge on any atom is -0.0103 e. The number of benzene rings is 2. The Morgan fingerprint density at radius 2 is 1.50 bits per heavy atom. The molecule has 0 aromatic heterocycles. The van der Waals surface area contributed by atoms with Crippen molar-refractivity contribution in [1.82, 2.24) is 0 Å². The third-order valence-electron chi connectivity index (χ3n) is 3.43. The van der Waals surface area contributed by atoms with E-state index in [2.05, 4.69) is 57.3 Å². The van der Waals surface area contributed by atoms with E-state index < -0.39 is 0 Å². The van der Waals surface area contributed by atoms with Crippen LogP contribution in [0.3, 0.4) is 0 Å². The maximum atomic E-state index is 3.95. The average Bonchev–Trinajstić information content (AvgIpc) is 2.42. The second kappa shape index (κ2) is 5.05. The molecule has 0 fully saturated rings. The van der Waals surface area contributed by atoms with E-state index in [0.29, 0.717) is 0 Å². The number of aryl methyl sites for hydroxylation is 1. The van der Waals surface area contributed by atoms with Crippen LogP contribution in [0.1, 0.15) is 22.3 Å². The van der Waals surface area contributed by atoms with Crippen LogP contribution in [0.2, 0.25) is 0 Å². The largest absolute Gasteiger partial charge is 0.0984 e. The van der Waals surface area contributed by atoms with Crippen LogP contribution in [0.5, 0.6) is 0 Å². The van der Waals surface area contributed by atoms with E-state index >= 15 is 0 Å². The van der Waals surface area contributed by atoms with Crippen molar-refractivity contribution in [2.45, 2.75) is 13.8 Å². The molecule has 0 aliphatic carbocycles. The molecule has 0 amide bonds. The molecule has 0 aliphatic rings. The first-order valence-electron chi connectivity index (χ1n) is 6.13. The zero-order chi connectivity index (χ0) is 13.1. The molecule has 0 heterocycles. The highest BCUT2D eigenvalue weighted by Crippen LogP contribution is 2.32. The Kier molecular flexibility index (Phi) is 3.47. The van der Waals surface area contributed by atoms with Gasteiger partial charge in [0.2, 0.25) is 0 Å². The molecule has 90 valence electrons. The van der Waals surface area contributed by atoms with Crippen LogP contribution in [0.15, 0.2) is 49.6 Å². The molecule has 0 atom stereocenters. The van der Waals surface area contributed by atoms with Crippen LogP contribution in [0.4, 0.5) is 0 Å². The molecule has 2 rings (SSSR count). The molecule has 0 nitrogen and oxygen atoms in total. The Labute approximate surface area is 109 Å². The first kappa shape index (κ1) is 12.4. The Hall–Kier alpha value is -2.08. The second-order valence-electron chi connectivity index (χ2n) is 4.47. The minimum absolute atomic E-state index is 1.17. The lowest BCUT2D eigenvalue weighted by molar-refractivity contribution is 1.32. The summed E-state index contributed by atoms with van der Waals surface area (Å²) in [6.45, 7) is 12.2. The Balaban J connectivity index is 2.79. The van der Waals surface area contributed by atoms with Gasteiger partial charge in [0.05, 0.1) is 0 Å². The maximum absolute atomic E-state index is 3.95. The van der Waals surface area contributed by atoms with E-state index in [9.17, 15) is 0 Å². The molecule has 0 unspecified atom stereocenters. The Morgan fingerprint density at radius 1 is 0.889 bits per heavy atom. The zero-order valence-corrected chi connectivity index (χ0v) is 11.0. The molecule has 18 heavy (non-hydrogen) atoms. The average molecular weight is 234 g/mol. The van der Waals surface area contributed by atoms with Gasteiger partial charge in [0.1, 0.15) is 0 Å². The van der Waals surface area contributed by atoms with Crippen LogP contribution < -0.4 is 0 Å². The van der Waals surface area contributed by atoms with E-state index in [1.54, 1.807) is 0 Å². The summed E-state index contributed by atoms with van der Waals surface area (Å²) < 4.78 is 0. The zero-order valence-electron chi connectivity index (χ0n) is 11.0.